The van der Waals surface area contributed by atoms with Crippen LogP contribution < -0.4 is 5.01 Å². The predicted molar refractivity (Wildman–Crippen MR) is 74.8 cm³/mol. The quantitative estimate of drug-likeness (QED) is 0.730. The fourth-order valence-corrected chi connectivity index (χ4v) is 2.11. The third-order valence-electron chi connectivity index (χ3n) is 3.37. The van der Waals surface area contributed by atoms with E-state index in [0.29, 0.717) is 11.6 Å². The molecule has 0 heterocycles. The van der Waals surface area contributed by atoms with Crippen LogP contribution in [0.1, 0.15) is 25.3 Å². The number of hydrogen-bond donors (Lipinski definition) is 0. The Hall–Kier alpha value is -1.78. The number of halogens is 3. The summed E-state index contributed by atoms with van der Waals surface area (Å²) in [7, 11) is 1.66. The van der Waals surface area contributed by atoms with Crippen LogP contribution in [-0.2, 0) is 6.18 Å². The molecule has 20 heavy (non-hydrogen) atoms. The summed E-state index contributed by atoms with van der Waals surface area (Å²) in [6.45, 7) is 2.07. The molecule has 108 valence electrons. The maximum Gasteiger partial charge on any atom is 0.416 e. The topological polar surface area (TPSA) is 15.6 Å². The molecular weight excluding hydrogens is 265 g/mol. The van der Waals surface area contributed by atoms with Crippen molar-refractivity contribution in [3.05, 3.63) is 42.0 Å². The van der Waals surface area contributed by atoms with Crippen LogP contribution in [0.2, 0.25) is 0 Å². The maximum absolute atomic E-state index is 12.7. The van der Waals surface area contributed by atoms with E-state index in [1.165, 1.54) is 11.1 Å². The van der Waals surface area contributed by atoms with Gasteiger partial charge in [-0.15, -0.1) is 0 Å². The summed E-state index contributed by atoms with van der Waals surface area (Å²) in [4.78, 5) is 0. The first-order valence-electron chi connectivity index (χ1n) is 6.54. The van der Waals surface area contributed by atoms with E-state index >= 15 is 0 Å². The number of alkyl halides is 3. The zero-order valence-corrected chi connectivity index (χ0v) is 11.5. The highest BCUT2D eigenvalue weighted by atomic mass is 19.4. The third kappa shape index (κ3) is 3.40. The second-order valence-corrected chi connectivity index (χ2v) is 4.98. The molecule has 0 amide bonds. The predicted octanol–water partition coefficient (Wildman–Crippen LogP) is 4.48. The summed E-state index contributed by atoms with van der Waals surface area (Å²) in [5, 5.41) is 5.90. The number of hydrogen-bond acceptors (Lipinski definition) is 2. The van der Waals surface area contributed by atoms with Gasteiger partial charge < -0.3 is 0 Å². The maximum atomic E-state index is 12.7. The summed E-state index contributed by atoms with van der Waals surface area (Å²) < 4.78 is 38.1. The minimum absolute atomic E-state index is 0.327. The van der Waals surface area contributed by atoms with E-state index in [1.54, 1.807) is 13.1 Å². The lowest BCUT2D eigenvalue weighted by molar-refractivity contribution is -0.137. The molecule has 1 aliphatic carbocycles. The number of anilines is 1. The Bertz CT molecular complexity index is 532. The van der Waals surface area contributed by atoms with E-state index in [2.05, 4.69) is 12.0 Å². The summed E-state index contributed by atoms with van der Waals surface area (Å²) >= 11 is 0. The standard InChI is InChI=1S/C15H17F3N2/c1-11-6-3-4-9-14(11)19-20(2)13-8-5-7-12(10-13)15(16,17)18/h4-5,7-11H,3,6H2,1-2H3/b19-14-. The fraction of sp³-hybridized carbons (Fsp3) is 0.400. The van der Waals surface area contributed by atoms with Gasteiger partial charge in [0.05, 0.1) is 17.0 Å². The minimum atomic E-state index is -4.33. The molecule has 1 atom stereocenters. The first-order chi connectivity index (χ1) is 9.38. The van der Waals surface area contributed by atoms with E-state index in [9.17, 15) is 13.2 Å². The minimum Gasteiger partial charge on any atom is -0.268 e. The highest BCUT2D eigenvalue weighted by Gasteiger charge is 2.30. The molecule has 0 N–H and O–H groups in total. The lowest BCUT2D eigenvalue weighted by atomic mass is 9.94. The van der Waals surface area contributed by atoms with Crippen LogP contribution in [0.3, 0.4) is 0 Å². The van der Waals surface area contributed by atoms with E-state index in [1.807, 2.05) is 12.2 Å². The highest BCUT2D eigenvalue weighted by Crippen LogP contribution is 2.31. The van der Waals surface area contributed by atoms with Crippen LogP contribution in [0.4, 0.5) is 18.9 Å². The van der Waals surface area contributed by atoms with Gasteiger partial charge in [0.25, 0.3) is 0 Å². The summed E-state index contributed by atoms with van der Waals surface area (Å²) in [6.07, 6.45) is 1.69. The summed E-state index contributed by atoms with van der Waals surface area (Å²) in [5.41, 5.74) is 0.670. The Morgan fingerprint density at radius 3 is 2.70 bits per heavy atom. The average molecular weight is 282 g/mol. The van der Waals surface area contributed by atoms with Gasteiger partial charge >= 0.3 is 6.18 Å². The number of rotatable bonds is 2. The van der Waals surface area contributed by atoms with Crippen LogP contribution in [0.5, 0.6) is 0 Å². The van der Waals surface area contributed by atoms with Crippen LogP contribution in [0.15, 0.2) is 41.5 Å². The third-order valence-corrected chi connectivity index (χ3v) is 3.37. The van der Waals surface area contributed by atoms with Crippen LogP contribution in [-0.4, -0.2) is 12.8 Å². The number of hydrazone groups is 1. The van der Waals surface area contributed by atoms with Crippen molar-refractivity contribution in [2.45, 2.75) is 25.9 Å². The summed E-state index contributed by atoms with van der Waals surface area (Å²) in [6, 6.07) is 5.19. The van der Waals surface area contributed by atoms with E-state index < -0.39 is 11.7 Å². The molecule has 0 aliphatic heterocycles. The zero-order chi connectivity index (χ0) is 14.8. The molecule has 0 saturated heterocycles. The molecule has 1 aliphatic rings. The summed E-state index contributed by atoms with van der Waals surface area (Å²) in [5.74, 6) is 0.327. The number of nitrogens with zero attached hydrogens (tertiary/aromatic N) is 2. The monoisotopic (exact) mass is 282 g/mol. The van der Waals surface area contributed by atoms with Gasteiger partial charge in [-0.3, -0.25) is 5.01 Å². The SMILES string of the molecule is CC1CCC=C/C1=N/N(C)c1cccc(C(F)(F)F)c1. The molecule has 0 spiro atoms. The molecule has 0 aromatic heterocycles. The second-order valence-electron chi connectivity index (χ2n) is 4.98. The van der Waals surface area contributed by atoms with Crippen molar-refractivity contribution >= 4 is 11.4 Å². The van der Waals surface area contributed by atoms with Gasteiger partial charge in [0.2, 0.25) is 0 Å². The Morgan fingerprint density at radius 1 is 1.30 bits per heavy atom. The molecule has 2 nitrogen and oxygen atoms in total. The van der Waals surface area contributed by atoms with Crippen molar-refractivity contribution in [1.29, 1.82) is 0 Å². The van der Waals surface area contributed by atoms with Gasteiger partial charge in [0.1, 0.15) is 0 Å². The Morgan fingerprint density at radius 2 is 2.05 bits per heavy atom. The smallest absolute Gasteiger partial charge is 0.268 e. The normalized spacial score (nSPS) is 21.2. The number of benzene rings is 1. The Labute approximate surface area is 116 Å². The Balaban J connectivity index is 2.25. The van der Waals surface area contributed by atoms with Gasteiger partial charge in [-0.25, -0.2) is 0 Å². The fourth-order valence-electron chi connectivity index (χ4n) is 2.11. The van der Waals surface area contributed by atoms with Gasteiger partial charge in [0, 0.05) is 13.0 Å². The lowest BCUT2D eigenvalue weighted by Gasteiger charge is -2.20. The van der Waals surface area contributed by atoms with Crippen molar-refractivity contribution in [2.75, 3.05) is 12.1 Å². The molecule has 0 saturated carbocycles. The van der Waals surface area contributed by atoms with Crippen LogP contribution in [0.25, 0.3) is 0 Å². The van der Waals surface area contributed by atoms with Crippen molar-refractivity contribution < 1.29 is 13.2 Å². The Kier molecular flexibility index (Phi) is 4.16. The van der Waals surface area contributed by atoms with Crippen molar-refractivity contribution in [2.24, 2.45) is 11.0 Å². The first-order valence-corrected chi connectivity index (χ1v) is 6.54. The largest absolute Gasteiger partial charge is 0.416 e. The van der Waals surface area contributed by atoms with Gasteiger partial charge in [-0.1, -0.05) is 19.1 Å². The van der Waals surface area contributed by atoms with E-state index in [0.717, 1.165) is 30.7 Å². The molecule has 1 unspecified atom stereocenters. The van der Waals surface area contributed by atoms with Crippen molar-refractivity contribution in [3.63, 3.8) is 0 Å². The zero-order valence-electron chi connectivity index (χ0n) is 11.5. The lowest BCUT2D eigenvalue weighted by Crippen LogP contribution is -2.19. The van der Waals surface area contributed by atoms with E-state index in [-0.39, 0.29) is 0 Å². The molecule has 1 aromatic rings. The molecule has 0 radical (unpaired) electrons. The average Bonchev–Trinajstić information content (AvgIpc) is 2.40. The molecule has 0 fully saturated rings. The molecule has 1 aromatic carbocycles. The van der Waals surface area contributed by atoms with E-state index in [4.69, 9.17) is 0 Å². The van der Waals surface area contributed by atoms with Gasteiger partial charge in [-0.05, 0) is 37.1 Å². The van der Waals surface area contributed by atoms with Crippen LogP contribution >= 0.6 is 0 Å². The molecular formula is C15H17F3N2. The van der Waals surface area contributed by atoms with Crippen molar-refractivity contribution in [1.82, 2.24) is 0 Å². The number of allylic oxidation sites excluding steroid dienone is 2. The van der Waals surface area contributed by atoms with Gasteiger partial charge in [-0.2, -0.15) is 18.3 Å². The van der Waals surface area contributed by atoms with Crippen LogP contribution in [0, 0.1) is 5.92 Å². The van der Waals surface area contributed by atoms with Crippen molar-refractivity contribution in [3.8, 4) is 0 Å². The second kappa shape index (κ2) is 5.69. The van der Waals surface area contributed by atoms with Gasteiger partial charge in [0.15, 0.2) is 0 Å². The highest BCUT2D eigenvalue weighted by molar-refractivity contribution is 5.97. The first kappa shape index (κ1) is 14.6. The molecule has 0 bridgehead atoms. The molecule has 2 rings (SSSR count). The molecule has 5 heteroatoms.